The van der Waals surface area contributed by atoms with Crippen molar-refractivity contribution in [1.29, 1.82) is 0 Å². The Bertz CT molecular complexity index is 646. The first-order valence-corrected chi connectivity index (χ1v) is 6.86. The average Bonchev–Trinajstić information content (AvgIpc) is 2.45. The molecule has 2 aromatic rings. The van der Waals surface area contributed by atoms with Gasteiger partial charge in [-0.25, -0.2) is 0 Å². The Morgan fingerprint density at radius 2 is 1.76 bits per heavy atom. The van der Waals surface area contributed by atoms with Crippen molar-refractivity contribution in [2.45, 2.75) is 26.3 Å². The molecule has 0 radical (unpaired) electrons. The molecule has 0 unspecified atom stereocenters. The van der Waals surface area contributed by atoms with Crippen molar-refractivity contribution in [1.82, 2.24) is 4.98 Å². The van der Waals surface area contributed by atoms with Gasteiger partial charge in [0.2, 0.25) is 0 Å². The van der Waals surface area contributed by atoms with Gasteiger partial charge in [0, 0.05) is 16.8 Å². The highest BCUT2D eigenvalue weighted by Crippen LogP contribution is 2.33. The summed E-state index contributed by atoms with van der Waals surface area (Å²) in [5.41, 5.74) is 9.46. The molecule has 1 aromatic heterocycles. The van der Waals surface area contributed by atoms with Crippen molar-refractivity contribution in [3.63, 3.8) is 0 Å². The molecule has 0 atom stereocenters. The molecule has 21 heavy (non-hydrogen) atoms. The number of hydrogen-bond acceptors (Lipinski definition) is 4. The molecule has 1 aromatic carbocycles. The normalized spacial score (nSPS) is 11.3. The summed E-state index contributed by atoms with van der Waals surface area (Å²) in [4.78, 5) is 4.68. The lowest BCUT2D eigenvalue weighted by molar-refractivity contribution is 0.404. The van der Waals surface area contributed by atoms with Crippen LogP contribution in [0, 0.1) is 6.92 Å². The molecule has 0 saturated carbocycles. The van der Waals surface area contributed by atoms with Gasteiger partial charge in [0.1, 0.15) is 11.5 Å². The molecule has 0 aliphatic rings. The summed E-state index contributed by atoms with van der Waals surface area (Å²) in [6.07, 6.45) is 0. The van der Waals surface area contributed by atoms with E-state index in [0.717, 1.165) is 34.0 Å². The monoisotopic (exact) mass is 286 g/mol. The Kier molecular flexibility index (Phi) is 4.19. The first-order valence-electron chi connectivity index (χ1n) is 6.86. The Morgan fingerprint density at radius 1 is 1.05 bits per heavy atom. The average molecular weight is 286 g/mol. The summed E-state index contributed by atoms with van der Waals surface area (Å²) in [6.45, 7) is 5.92. The second kappa shape index (κ2) is 5.74. The number of aromatic nitrogens is 1. The van der Waals surface area contributed by atoms with Crippen LogP contribution in [0.2, 0.25) is 0 Å². The van der Waals surface area contributed by atoms with E-state index in [-0.39, 0.29) is 0 Å². The molecule has 0 spiro atoms. The van der Waals surface area contributed by atoms with Crippen molar-refractivity contribution >= 4 is 0 Å². The van der Waals surface area contributed by atoms with E-state index >= 15 is 0 Å². The van der Waals surface area contributed by atoms with Crippen LogP contribution in [0.15, 0.2) is 30.3 Å². The number of methoxy groups -OCH3 is 2. The van der Waals surface area contributed by atoms with Gasteiger partial charge in [0.25, 0.3) is 0 Å². The molecule has 2 rings (SSSR count). The summed E-state index contributed by atoms with van der Waals surface area (Å²) >= 11 is 0. The number of ether oxygens (including phenoxy) is 2. The van der Waals surface area contributed by atoms with Gasteiger partial charge in [0.15, 0.2) is 0 Å². The molecule has 0 bridgehead atoms. The lowest BCUT2D eigenvalue weighted by Crippen LogP contribution is -2.29. The summed E-state index contributed by atoms with van der Waals surface area (Å²) in [5.74, 6) is 1.54. The van der Waals surface area contributed by atoms with Crippen molar-refractivity contribution in [3.05, 3.63) is 41.6 Å². The second-order valence-electron chi connectivity index (χ2n) is 5.62. The third-order valence-corrected chi connectivity index (χ3v) is 3.46. The predicted molar refractivity (Wildman–Crippen MR) is 84.7 cm³/mol. The Labute approximate surface area is 125 Å². The van der Waals surface area contributed by atoms with E-state index in [0.29, 0.717) is 0 Å². The summed E-state index contributed by atoms with van der Waals surface area (Å²) < 4.78 is 10.7. The highest BCUT2D eigenvalue weighted by Gasteiger charge is 2.18. The molecule has 0 fully saturated rings. The number of nitrogens with zero attached hydrogens (tertiary/aromatic N) is 1. The lowest BCUT2D eigenvalue weighted by Gasteiger charge is -2.21. The van der Waals surface area contributed by atoms with Crippen LogP contribution in [0.1, 0.15) is 25.1 Å². The van der Waals surface area contributed by atoms with E-state index in [4.69, 9.17) is 15.2 Å². The molecular weight excluding hydrogens is 264 g/mol. The van der Waals surface area contributed by atoms with E-state index in [2.05, 4.69) is 4.98 Å². The van der Waals surface area contributed by atoms with E-state index in [1.54, 1.807) is 14.2 Å². The first kappa shape index (κ1) is 15.3. The number of benzene rings is 1. The molecule has 4 heteroatoms. The van der Waals surface area contributed by atoms with Crippen LogP contribution in [0.3, 0.4) is 0 Å². The molecule has 1 heterocycles. The highest BCUT2D eigenvalue weighted by atomic mass is 16.5. The summed E-state index contributed by atoms with van der Waals surface area (Å²) in [6, 6.07) is 9.66. The molecule has 4 nitrogen and oxygen atoms in total. The number of rotatable bonds is 4. The van der Waals surface area contributed by atoms with Crippen LogP contribution in [0.5, 0.6) is 11.5 Å². The number of aryl methyl sites for hydroxylation is 1. The minimum atomic E-state index is -0.409. The summed E-state index contributed by atoms with van der Waals surface area (Å²) in [5, 5.41) is 0. The van der Waals surface area contributed by atoms with Crippen molar-refractivity contribution in [3.8, 4) is 22.8 Å². The maximum atomic E-state index is 6.16. The van der Waals surface area contributed by atoms with E-state index in [1.807, 2.05) is 51.1 Å². The van der Waals surface area contributed by atoms with Gasteiger partial charge in [-0.15, -0.1) is 0 Å². The van der Waals surface area contributed by atoms with E-state index < -0.39 is 5.54 Å². The van der Waals surface area contributed by atoms with Crippen molar-refractivity contribution < 1.29 is 9.47 Å². The largest absolute Gasteiger partial charge is 0.497 e. The fourth-order valence-electron chi connectivity index (χ4n) is 2.41. The van der Waals surface area contributed by atoms with Crippen LogP contribution in [-0.4, -0.2) is 19.2 Å². The highest BCUT2D eigenvalue weighted by molar-refractivity contribution is 5.69. The third-order valence-electron chi connectivity index (χ3n) is 3.46. The maximum Gasteiger partial charge on any atom is 0.128 e. The zero-order valence-electron chi connectivity index (χ0n) is 13.2. The zero-order valence-corrected chi connectivity index (χ0v) is 13.2. The van der Waals surface area contributed by atoms with Crippen LogP contribution >= 0.6 is 0 Å². The molecule has 0 saturated heterocycles. The van der Waals surface area contributed by atoms with Crippen molar-refractivity contribution in [2.24, 2.45) is 5.73 Å². The van der Waals surface area contributed by atoms with Gasteiger partial charge in [0.05, 0.1) is 19.9 Å². The molecule has 0 aliphatic carbocycles. The molecule has 112 valence electrons. The van der Waals surface area contributed by atoms with E-state index in [1.165, 1.54) is 0 Å². The fourth-order valence-corrected chi connectivity index (χ4v) is 2.41. The van der Waals surface area contributed by atoms with Crippen molar-refractivity contribution in [2.75, 3.05) is 14.2 Å². The van der Waals surface area contributed by atoms with E-state index in [9.17, 15) is 0 Å². The van der Waals surface area contributed by atoms with Gasteiger partial charge < -0.3 is 15.2 Å². The van der Waals surface area contributed by atoms with Gasteiger partial charge in [-0.05, 0) is 50.6 Å². The maximum absolute atomic E-state index is 6.16. The topological polar surface area (TPSA) is 57.4 Å². The van der Waals surface area contributed by atoms with Gasteiger partial charge in [-0.3, -0.25) is 4.98 Å². The molecular formula is C17H22N2O2. The number of nitrogens with two attached hydrogens (primary N) is 1. The quantitative estimate of drug-likeness (QED) is 0.937. The number of hydrogen-bond donors (Lipinski definition) is 1. The van der Waals surface area contributed by atoms with Crippen LogP contribution in [0.25, 0.3) is 11.3 Å². The van der Waals surface area contributed by atoms with Crippen LogP contribution in [-0.2, 0) is 5.54 Å². The lowest BCUT2D eigenvalue weighted by atomic mass is 9.93. The first-order chi connectivity index (χ1) is 9.86. The smallest absolute Gasteiger partial charge is 0.128 e. The predicted octanol–water partition coefficient (Wildman–Crippen LogP) is 3.27. The zero-order chi connectivity index (χ0) is 15.6. The molecule has 0 aliphatic heterocycles. The molecule has 2 N–H and O–H groups in total. The Morgan fingerprint density at radius 3 is 2.29 bits per heavy atom. The standard InChI is InChI=1S/C17H22N2O2/c1-11-14(17(2,3)18)7-8-15(19-11)13-10-12(20-4)6-9-16(13)21-5/h6-10H,18H2,1-5H3. The minimum absolute atomic E-state index is 0.409. The Hall–Kier alpha value is -2.07. The summed E-state index contributed by atoms with van der Waals surface area (Å²) in [7, 11) is 3.29. The molecule has 0 amide bonds. The van der Waals surface area contributed by atoms with Crippen LogP contribution in [0.4, 0.5) is 0 Å². The number of pyridine rings is 1. The fraction of sp³-hybridized carbons (Fsp3) is 0.353. The van der Waals surface area contributed by atoms with Gasteiger partial charge in [-0.2, -0.15) is 0 Å². The second-order valence-corrected chi connectivity index (χ2v) is 5.62. The third kappa shape index (κ3) is 3.16. The Balaban J connectivity index is 2.55. The van der Waals surface area contributed by atoms with Crippen LogP contribution < -0.4 is 15.2 Å². The minimum Gasteiger partial charge on any atom is -0.497 e. The van der Waals surface area contributed by atoms with Gasteiger partial charge in [-0.1, -0.05) is 6.07 Å². The SMILES string of the molecule is COc1ccc(OC)c(-c2ccc(C(C)(C)N)c(C)n2)c1. The van der Waals surface area contributed by atoms with Gasteiger partial charge >= 0.3 is 0 Å².